The summed E-state index contributed by atoms with van der Waals surface area (Å²) in [6.07, 6.45) is 4.86. The van der Waals surface area contributed by atoms with Crippen molar-refractivity contribution in [1.82, 2.24) is 14.7 Å². The molecular weight excluding hydrogens is 270 g/mol. The van der Waals surface area contributed by atoms with Crippen molar-refractivity contribution in [2.45, 2.75) is 13.0 Å². The lowest BCUT2D eigenvalue weighted by molar-refractivity contribution is 0.0901. The fourth-order valence-corrected chi connectivity index (χ4v) is 2.18. The number of aliphatic hydroxyl groups excluding tert-OH is 1. The molecule has 0 saturated carbocycles. The molecule has 0 radical (unpaired) electrons. The van der Waals surface area contributed by atoms with Gasteiger partial charge in [0, 0.05) is 6.20 Å². The van der Waals surface area contributed by atoms with Gasteiger partial charge >= 0.3 is 0 Å². The zero-order valence-electron chi connectivity index (χ0n) is 11.5. The highest BCUT2D eigenvalue weighted by Gasteiger charge is 2.19. The van der Waals surface area contributed by atoms with E-state index in [2.05, 4.69) is 10.3 Å². The summed E-state index contributed by atoms with van der Waals surface area (Å²) in [6, 6.07) is 6.62. The van der Waals surface area contributed by atoms with Crippen LogP contribution in [0.3, 0.4) is 0 Å². The van der Waals surface area contributed by atoms with E-state index in [0.29, 0.717) is 17.1 Å². The van der Waals surface area contributed by atoms with Crippen LogP contribution in [0.5, 0.6) is 0 Å². The third-order valence-electron chi connectivity index (χ3n) is 3.26. The monoisotopic (exact) mass is 285 g/mol. The van der Waals surface area contributed by atoms with E-state index in [1.165, 1.54) is 12.5 Å². The number of aliphatic hydroxyl groups is 1. The number of rotatable bonds is 4. The Morgan fingerprint density at radius 3 is 3.05 bits per heavy atom. The van der Waals surface area contributed by atoms with E-state index in [0.717, 1.165) is 5.56 Å². The number of imidazole rings is 1. The number of pyridine rings is 1. The number of aryl methyl sites for hydroxylation is 1. The van der Waals surface area contributed by atoms with Gasteiger partial charge < -0.3 is 14.8 Å². The molecule has 1 unspecified atom stereocenters. The second-order valence-corrected chi connectivity index (χ2v) is 4.80. The Hall–Kier alpha value is -2.60. The molecule has 1 atom stereocenters. The van der Waals surface area contributed by atoms with E-state index in [-0.39, 0.29) is 12.5 Å². The minimum absolute atomic E-state index is 0.241. The fraction of sp³-hybridized carbons (Fsp3) is 0.200. The Morgan fingerprint density at radius 1 is 1.48 bits per heavy atom. The van der Waals surface area contributed by atoms with Gasteiger partial charge in [-0.15, -0.1) is 0 Å². The third kappa shape index (κ3) is 2.53. The summed E-state index contributed by atoms with van der Waals surface area (Å²) in [7, 11) is 0. The average Bonchev–Trinajstić information content (AvgIpc) is 3.13. The van der Waals surface area contributed by atoms with E-state index < -0.39 is 6.04 Å². The summed E-state index contributed by atoms with van der Waals surface area (Å²) < 4.78 is 6.94. The van der Waals surface area contributed by atoms with E-state index in [9.17, 15) is 9.90 Å². The second kappa shape index (κ2) is 5.41. The molecule has 21 heavy (non-hydrogen) atoms. The third-order valence-corrected chi connectivity index (χ3v) is 3.26. The molecule has 6 heteroatoms. The van der Waals surface area contributed by atoms with Crippen molar-refractivity contribution >= 4 is 11.6 Å². The smallest absolute Gasteiger partial charge is 0.270 e. The van der Waals surface area contributed by atoms with Crippen LogP contribution in [0.25, 0.3) is 5.65 Å². The number of hydrogen-bond donors (Lipinski definition) is 2. The quantitative estimate of drug-likeness (QED) is 0.764. The van der Waals surface area contributed by atoms with Crippen LogP contribution in [0.15, 0.2) is 47.3 Å². The van der Waals surface area contributed by atoms with Crippen molar-refractivity contribution < 1.29 is 14.3 Å². The molecule has 0 aliphatic heterocycles. The number of nitrogens with zero attached hydrogens (tertiary/aromatic N) is 2. The summed E-state index contributed by atoms with van der Waals surface area (Å²) in [5.74, 6) is 0.194. The number of amides is 1. The zero-order chi connectivity index (χ0) is 14.8. The van der Waals surface area contributed by atoms with Gasteiger partial charge in [-0.25, -0.2) is 4.98 Å². The van der Waals surface area contributed by atoms with Gasteiger partial charge in [-0.1, -0.05) is 6.07 Å². The van der Waals surface area contributed by atoms with Gasteiger partial charge in [0.1, 0.15) is 23.1 Å². The number of fused-ring (bicyclic) bond motifs is 1. The summed E-state index contributed by atoms with van der Waals surface area (Å²) in [5, 5.41) is 12.1. The second-order valence-electron chi connectivity index (χ2n) is 4.80. The van der Waals surface area contributed by atoms with Crippen LogP contribution < -0.4 is 5.32 Å². The Kier molecular flexibility index (Phi) is 3.45. The highest BCUT2D eigenvalue weighted by molar-refractivity contribution is 5.93. The van der Waals surface area contributed by atoms with Crippen LogP contribution in [-0.4, -0.2) is 27.0 Å². The number of nitrogens with one attached hydrogen (secondary N) is 1. The molecule has 3 aromatic rings. The van der Waals surface area contributed by atoms with Gasteiger partial charge in [-0.3, -0.25) is 9.20 Å². The van der Waals surface area contributed by atoms with Crippen molar-refractivity contribution in [3.63, 3.8) is 0 Å². The standard InChI is InChI=1S/C15H15N3O3/c1-10-4-5-14-16-7-12(18(14)8-10)15(20)17-11(9-19)13-3-2-6-21-13/h2-8,11,19H,9H2,1H3,(H,17,20). The maximum absolute atomic E-state index is 12.4. The minimum atomic E-state index is -0.581. The van der Waals surface area contributed by atoms with Crippen molar-refractivity contribution in [2.24, 2.45) is 0 Å². The lowest BCUT2D eigenvalue weighted by atomic mass is 10.2. The van der Waals surface area contributed by atoms with Crippen LogP contribution in [-0.2, 0) is 0 Å². The van der Waals surface area contributed by atoms with Crippen molar-refractivity contribution in [1.29, 1.82) is 0 Å². The molecule has 3 aromatic heterocycles. The van der Waals surface area contributed by atoms with E-state index in [1.807, 2.05) is 25.3 Å². The number of hydrogen-bond acceptors (Lipinski definition) is 4. The van der Waals surface area contributed by atoms with Crippen LogP contribution in [0.4, 0.5) is 0 Å². The van der Waals surface area contributed by atoms with Crippen LogP contribution in [0.1, 0.15) is 27.9 Å². The van der Waals surface area contributed by atoms with Crippen LogP contribution >= 0.6 is 0 Å². The first-order valence-corrected chi connectivity index (χ1v) is 6.58. The lowest BCUT2D eigenvalue weighted by Crippen LogP contribution is -2.31. The molecule has 0 fully saturated rings. The molecule has 0 aliphatic rings. The molecule has 2 N–H and O–H groups in total. The first-order valence-electron chi connectivity index (χ1n) is 6.58. The molecule has 3 rings (SSSR count). The van der Waals surface area contributed by atoms with E-state index in [4.69, 9.17) is 4.42 Å². The summed E-state index contributed by atoms with van der Waals surface area (Å²) in [6.45, 7) is 1.70. The molecule has 6 nitrogen and oxygen atoms in total. The predicted octanol–water partition coefficient (Wildman–Crippen LogP) is 1.70. The van der Waals surface area contributed by atoms with Crippen LogP contribution in [0, 0.1) is 6.92 Å². The number of aromatic nitrogens is 2. The summed E-state index contributed by atoms with van der Waals surface area (Å²) >= 11 is 0. The van der Waals surface area contributed by atoms with Gasteiger partial charge in [0.15, 0.2) is 0 Å². The maximum atomic E-state index is 12.4. The SMILES string of the molecule is Cc1ccc2ncc(C(=O)NC(CO)c3ccco3)n2c1. The van der Waals surface area contributed by atoms with Gasteiger partial charge in [0.2, 0.25) is 0 Å². The fourth-order valence-electron chi connectivity index (χ4n) is 2.18. The van der Waals surface area contributed by atoms with Gasteiger partial charge in [-0.2, -0.15) is 0 Å². The number of carbonyl (C=O) groups excluding carboxylic acids is 1. The van der Waals surface area contributed by atoms with Crippen LogP contribution in [0.2, 0.25) is 0 Å². The molecule has 0 aliphatic carbocycles. The largest absolute Gasteiger partial charge is 0.467 e. The summed E-state index contributed by atoms with van der Waals surface area (Å²) in [5.41, 5.74) is 2.14. The molecule has 0 aromatic carbocycles. The van der Waals surface area contributed by atoms with E-state index >= 15 is 0 Å². The molecule has 3 heterocycles. The Labute approximate surface area is 121 Å². The molecule has 0 bridgehead atoms. The lowest BCUT2D eigenvalue weighted by Gasteiger charge is -2.13. The normalized spacial score (nSPS) is 12.5. The van der Waals surface area contributed by atoms with Crippen molar-refractivity contribution in [2.75, 3.05) is 6.61 Å². The van der Waals surface area contributed by atoms with Crippen molar-refractivity contribution in [3.05, 3.63) is 59.9 Å². The number of carbonyl (C=O) groups is 1. The van der Waals surface area contributed by atoms with Gasteiger partial charge in [0.05, 0.1) is 19.1 Å². The molecule has 0 saturated heterocycles. The zero-order valence-corrected chi connectivity index (χ0v) is 11.5. The highest BCUT2D eigenvalue weighted by Crippen LogP contribution is 2.14. The molecule has 108 valence electrons. The Morgan fingerprint density at radius 2 is 2.33 bits per heavy atom. The molecular formula is C15H15N3O3. The summed E-state index contributed by atoms with van der Waals surface area (Å²) in [4.78, 5) is 16.6. The maximum Gasteiger partial charge on any atom is 0.270 e. The minimum Gasteiger partial charge on any atom is -0.467 e. The van der Waals surface area contributed by atoms with Gasteiger partial charge in [-0.05, 0) is 30.7 Å². The first-order chi connectivity index (χ1) is 10.2. The highest BCUT2D eigenvalue weighted by atomic mass is 16.3. The van der Waals surface area contributed by atoms with E-state index in [1.54, 1.807) is 16.5 Å². The van der Waals surface area contributed by atoms with Crippen molar-refractivity contribution in [3.8, 4) is 0 Å². The Bertz CT molecular complexity index is 762. The topological polar surface area (TPSA) is 79.8 Å². The average molecular weight is 285 g/mol. The number of furan rings is 1. The predicted molar refractivity (Wildman–Crippen MR) is 75.9 cm³/mol. The Balaban J connectivity index is 1.88. The first kappa shape index (κ1) is 13.4. The molecule has 0 spiro atoms. The molecule has 1 amide bonds. The van der Waals surface area contributed by atoms with Gasteiger partial charge in [0.25, 0.3) is 5.91 Å².